The topological polar surface area (TPSA) is 92.7 Å². The van der Waals surface area contributed by atoms with Gasteiger partial charge in [-0.25, -0.2) is 4.79 Å². The molecule has 1 heterocycles. The molecule has 0 aromatic heterocycles. The lowest BCUT2D eigenvalue weighted by atomic mass is 10.1. The van der Waals surface area contributed by atoms with E-state index in [1.54, 1.807) is 0 Å². The average molecular weight is 243 g/mol. The van der Waals surface area contributed by atoms with Crippen molar-refractivity contribution in [3.63, 3.8) is 0 Å². The minimum absolute atomic E-state index is 0.0882. The normalized spacial score (nSPS) is 20.9. The van der Waals surface area contributed by atoms with Crippen molar-refractivity contribution in [3.8, 4) is 0 Å². The molecular weight excluding hydrogens is 226 g/mol. The van der Waals surface area contributed by atoms with E-state index in [9.17, 15) is 14.4 Å². The van der Waals surface area contributed by atoms with Crippen LogP contribution in [0, 0.1) is 5.92 Å². The Morgan fingerprint density at radius 3 is 2.65 bits per heavy atom. The molecule has 1 amide bonds. The van der Waals surface area contributed by atoms with Crippen LogP contribution < -0.4 is 5.32 Å². The Morgan fingerprint density at radius 2 is 2.18 bits per heavy atom. The zero-order chi connectivity index (χ0) is 12.8. The van der Waals surface area contributed by atoms with Crippen molar-refractivity contribution in [2.24, 2.45) is 5.92 Å². The zero-order valence-electron chi connectivity index (χ0n) is 9.77. The highest BCUT2D eigenvalue weighted by atomic mass is 16.5. The molecule has 0 aromatic carbocycles. The number of ether oxygens (including phenoxy) is 1. The van der Waals surface area contributed by atoms with Crippen molar-refractivity contribution in [2.75, 3.05) is 13.2 Å². The van der Waals surface area contributed by atoms with Gasteiger partial charge in [0.05, 0.1) is 12.5 Å². The summed E-state index contributed by atoms with van der Waals surface area (Å²) in [6.45, 7) is 2.26. The highest BCUT2D eigenvalue weighted by Crippen LogP contribution is 2.13. The molecule has 1 aliphatic heterocycles. The lowest BCUT2D eigenvalue weighted by molar-refractivity contribution is -0.142. The third-order valence-corrected chi connectivity index (χ3v) is 2.70. The monoisotopic (exact) mass is 243 g/mol. The second kappa shape index (κ2) is 6.34. The van der Waals surface area contributed by atoms with Gasteiger partial charge in [-0.1, -0.05) is 0 Å². The van der Waals surface area contributed by atoms with E-state index in [0.717, 1.165) is 0 Å². The Balaban J connectivity index is 2.44. The second-order valence-corrected chi connectivity index (χ2v) is 4.20. The quantitative estimate of drug-likeness (QED) is 0.683. The summed E-state index contributed by atoms with van der Waals surface area (Å²) in [7, 11) is 0. The molecule has 1 fully saturated rings. The molecule has 1 saturated heterocycles. The Kier molecular flexibility index (Phi) is 5.09. The van der Waals surface area contributed by atoms with Crippen molar-refractivity contribution in [1.82, 2.24) is 5.32 Å². The van der Waals surface area contributed by atoms with E-state index in [0.29, 0.717) is 19.6 Å². The van der Waals surface area contributed by atoms with Gasteiger partial charge in [0.1, 0.15) is 11.8 Å². The second-order valence-electron chi connectivity index (χ2n) is 4.20. The maximum Gasteiger partial charge on any atom is 0.326 e. The molecular formula is C11H17NO5. The minimum Gasteiger partial charge on any atom is -0.480 e. The predicted molar refractivity (Wildman–Crippen MR) is 58.4 cm³/mol. The molecule has 1 rings (SSSR count). The molecule has 0 aliphatic carbocycles. The Labute approximate surface area is 99.3 Å². The summed E-state index contributed by atoms with van der Waals surface area (Å²) in [6, 6.07) is -0.994. The standard InChI is InChI=1S/C11H17NO5/c1-7(13)2-3-9(11(15)16)12-10(14)8-4-5-17-6-8/h8-9H,2-6H2,1H3,(H,12,14)(H,15,16)/t8-,9-/m1/s1. The zero-order valence-corrected chi connectivity index (χ0v) is 9.77. The van der Waals surface area contributed by atoms with Crippen LogP contribution in [0.25, 0.3) is 0 Å². The van der Waals surface area contributed by atoms with Gasteiger partial charge in [0, 0.05) is 13.0 Å². The van der Waals surface area contributed by atoms with Gasteiger partial charge in [-0.15, -0.1) is 0 Å². The molecule has 0 radical (unpaired) electrons. The van der Waals surface area contributed by atoms with Crippen LogP contribution in [0.15, 0.2) is 0 Å². The van der Waals surface area contributed by atoms with Gasteiger partial charge >= 0.3 is 5.97 Å². The number of hydrogen-bond acceptors (Lipinski definition) is 4. The number of rotatable bonds is 6. The molecule has 0 spiro atoms. The third kappa shape index (κ3) is 4.52. The highest BCUT2D eigenvalue weighted by Gasteiger charge is 2.27. The van der Waals surface area contributed by atoms with Gasteiger partial charge in [0.25, 0.3) is 0 Å². The molecule has 0 saturated carbocycles. The fraction of sp³-hybridized carbons (Fsp3) is 0.727. The summed E-state index contributed by atoms with van der Waals surface area (Å²) in [5.74, 6) is -1.78. The molecule has 17 heavy (non-hydrogen) atoms. The van der Waals surface area contributed by atoms with E-state index >= 15 is 0 Å². The summed E-state index contributed by atoms with van der Waals surface area (Å²) >= 11 is 0. The van der Waals surface area contributed by atoms with Crippen LogP contribution in [0.5, 0.6) is 0 Å². The van der Waals surface area contributed by atoms with Crippen molar-refractivity contribution in [2.45, 2.75) is 32.2 Å². The minimum atomic E-state index is -1.11. The van der Waals surface area contributed by atoms with E-state index < -0.39 is 12.0 Å². The molecule has 2 N–H and O–H groups in total. The lowest BCUT2D eigenvalue weighted by Crippen LogP contribution is -2.44. The molecule has 6 nitrogen and oxygen atoms in total. The maximum atomic E-state index is 11.7. The van der Waals surface area contributed by atoms with Gasteiger partial charge in [-0.2, -0.15) is 0 Å². The van der Waals surface area contributed by atoms with Crippen LogP contribution >= 0.6 is 0 Å². The molecule has 96 valence electrons. The fourth-order valence-electron chi connectivity index (χ4n) is 1.64. The van der Waals surface area contributed by atoms with Crippen molar-refractivity contribution in [3.05, 3.63) is 0 Å². The summed E-state index contributed by atoms with van der Waals surface area (Å²) in [4.78, 5) is 33.4. The lowest BCUT2D eigenvalue weighted by Gasteiger charge is -2.16. The predicted octanol–water partition coefficient (Wildman–Crippen LogP) is -0.0385. The fourth-order valence-corrected chi connectivity index (χ4v) is 1.64. The molecule has 0 unspecified atom stereocenters. The first-order chi connectivity index (χ1) is 8.00. The van der Waals surface area contributed by atoms with Crippen LogP contribution in [0.1, 0.15) is 26.2 Å². The van der Waals surface area contributed by atoms with E-state index in [1.165, 1.54) is 6.92 Å². The van der Waals surface area contributed by atoms with Gasteiger partial charge in [0.2, 0.25) is 5.91 Å². The number of carbonyl (C=O) groups is 3. The number of carboxylic acid groups (broad SMARTS) is 1. The summed E-state index contributed by atoms with van der Waals surface area (Å²) in [5.41, 5.74) is 0. The summed E-state index contributed by atoms with van der Waals surface area (Å²) in [5, 5.41) is 11.4. The highest BCUT2D eigenvalue weighted by molar-refractivity contribution is 5.85. The Hall–Kier alpha value is -1.43. The average Bonchev–Trinajstić information content (AvgIpc) is 2.76. The summed E-state index contributed by atoms with van der Waals surface area (Å²) < 4.78 is 5.06. The first kappa shape index (κ1) is 13.6. The molecule has 1 aliphatic rings. The van der Waals surface area contributed by atoms with Crippen molar-refractivity contribution < 1.29 is 24.2 Å². The largest absolute Gasteiger partial charge is 0.480 e. The number of carboxylic acids is 1. The van der Waals surface area contributed by atoms with Crippen LogP contribution in [0.3, 0.4) is 0 Å². The Morgan fingerprint density at radius 1 is 1.47 bits per heavy atom. The molecule has 6 heteroatoms. The van der Waals surface area contributed by atoms with E-state index in [2.05, 4.69) is 5.32 Å². The van der Waals surface area contributed by atoms with Crippen LogP contribution in [-0.2, 0) is 19.1 Å². The first-order valence-corrected chi connectivity index (χ1v) is 5.61. The number of Topliss-reactive ketones (excluding diaryl/α,β-unsaturated/α-hetero) is 1. The molecule has 0 aromatic rings. The number of ketones is 1. The number of hydrogen-bond donors (Lipinski definition) is 2. The maximum absolute atomic E-state index is 11.7. The number of carbonyl (C=O) groups excluding carboxylic acids is 2. The van der Waals surface area contributed by atoms with Crippen LogP contribution in [0.2, 0.25) is 0 Å². The van der Waals surface area contributed by atoms with Gasteiger partial charge in [0.15, 0.2) is 0 Å². The van der Waals surface area contributed by atoms with E-state index in [1.807, 2.05) is 0 Å². The SMILES string of the molecule is CC(=O)CC[C@@H](NC(=O)[C@@H]1CCOC1)C(=O)O. The van der Waals surface area contributed by atoms with Gasteiger partial charge in [-0.05, 0) is 19.8 Å². The van der Waals surface area contributed by atoms with Gasteiger partial charge in [-0.3, -0.25) is 4.79 Å². The van der Waals surface area contributed by atoms with E-state index in [4.69, 9.17) is 9.84 Å². The van der Waals surface area contributed by atoms with E-state index in [-0.39, 0.29) is 30.4 Å². The van der Waals surface area contributed by atoms with Crippen molar-refractivity contribution in [1.29, 1.82) is 0 Å². The first-order valence-electron chi connectivity index (χ1n) is 5.61. The summed E-state index contributed by atoms with van der Waals surface area (Å²) in [6.07, 6.45) is 0.896. The van der Waals surface area contributed by atoms with Crippen LogP contribution in [0.4, 0.5) is 0 Å². The Bertz CT molecular complexity index is 309. The van der Waals surface area contributed by atoms with Gasteiger partial charge < -0.3 is 20.0 Å². The third-order valence-electron chi connectivity index (χ3n) is 2.70. The number of amides is 1. The number of nitrogens with one attached hydrogen (secondary N) is 1. The molecule has 2 atom stereocenters. The van der Waals surface area contributed by atoms with Crippen LogP contribution in [-0.4, -0.2) is 42.0 Å². The smallest absolute Gasteiger partial charge is 0.326 e. The van der Waals surface area contributed by atoms with Crippen molar-refractivity contribution >= 4 is 17.7 Å². The number of aliphatic carboxylic acids is 1. The molecule has 0 bridgehead atoms.